The molecule has 92 valence electrons. The van der Waals surface area contributed by atoms with E-state index in [0.29, 0.717) is 6.54 Å². The van der Waals surface area contributed by atoms with Crippen LogP contribution in [-0.2, 0) is 6.54 Å². The number of carboxylic acids is 1. The van der Waals surface area contributed by atoms with Gasteiger partial charge in [0.05, 0.1) is 5.69 Å². The number of hydrogen-bond acceptors (Lipinski definition) is 3. The summed E-state index contributed by atoms with van der Waals surface area (Å²) < 4.78 is 0. The van der Waals surface area contributed by atoms with E-state index in [2.05, 4.69) is 23.9 Å². The monoisotopic (exact) mass is 234 g/mol. The van der Waals surface area contributed by atoms with Crippen molar-refractivity contribution in [2.75, 3.05) is 13.6 Å². The van der Waals surface area contributed by atoms with Gasteiger partial charge in [-0.15, -0.1) is 0 Å². The number of aromatic carboxylic acids is 1. The van der Waals surface area contributed by atoms with Crippen LogP contribution in [-0.4, -0.2) is 34.6 Å². The van der Waals surface area contributed by atoms with Gasteiger partial charge >= 0.3 is 5.97 Å². The van der Waals surface area contributed by atoms with Crippen LogP contribution in [0.4, 0.5) is 0 Å². The third-order valence-electron chi connectivity index (χ3n) is 3.28. The molecule has 0 bridgehead atoms. The molecule has 0 spiro atoms. The number of nitrogens with zero attached hydrogens (tertiary/aromatic N) is 2. The minimum atomic E-state index is -0.967. The van der Waals surface area contributed by atoms with E-state index in [1.807, 2.05) is 6.07 Å². The molecule has 1 aromatic rings. The topological polar surface area (TPSA) is 53.4 Å². The molecule has 0 aliphatic heterocycles. The van der Waals surface area contributed by atoms with Gasteiger partial charge < -0.3 is 10.0 Å². The molecule has 1 aromatic heterocycles. The van der Waals surface area contributed by atoms with Crippen LogP contribution in [0.1, 0.15) is 29.5 Å². The molecule has 1 saturated carbocycles. The molecule has 1 aliphatic rings. The van der Waals surface area contributed by atoms with Crippen LogP contribution >= 0.6 is 0 Å². The fourth-order valence-electron chi connectivity index (χ4n) is 2.08. The molecular weight excluding hydrogens is 216 g/mol. The Kier molecular flexibility index (Phi) is 3.43. The maximum atomic E-state index is 10.8. The molecule has 1 heterocycles. The van der Waals surface area contributed by atoms with Crippen molar-refractivity contribution in [3.8, 4) is 0 Å². The number of rotatable bonds is 5. The van der Waals surface area contributed by atoms with Crippen molar-refractivity contribution in [3.63, 3.8) is 0 Å². The Bertz CT molecular complexity index is 420. The minimum Gasteiger partial charge on any atom is -0.477 e. The third-order valence-corrected chi connectivity index (χ3v) is 3.28. The zero-order valence-electron chi connectivity index (χ0n) is 10.3. The first kappa shape index (κ1) is 12.0. The summed E-state index contributed by atoms with van der Waals surface area (Å²) in [7, 11) is 2.06. The van der Waals surface area contributed by atoms with Gasteiger partial charge in [-0.05, 0) is 37.4 Å². The van der Waals surface area contributed by atoms with Gasteiger partial charge in [0.2, 0.25) is 0 Å². The molecule has 2 unspecified atom stereocenters. The molecule has 17 heavy (non-hydrogen) atoms. The Morgan fingerprint density at radius 2 is 2.29 bits per heavy atom. The highest BCUT2D eigenvalue weighted by Crippen LogP contribution is 2.38. The van der Waals surface area contributed by atoms with Crippen LogP contribution in [0.3, 0.4) is 0 Å². The highest BCUT2D eigenvalue weighted by Gasteiger charge is 2.33. The fraction of sp³-hybridized carbons (Fsp3) is 0.538. The van der Waals surface area contributed by atoms with Crippen LogP contribution in [0.5, 0.6) is 0 Å². The lowest BCUT2D eigenvalue weighted by Crippen LogP contribution is -2.22. The zero-order chi connectivity index (χ0) is 12.4. The largest absolute Gasteiger partial charge is 0.477 e. The molecule has 0 amide bonds. The van der Waals surface area contributed by atoms with Crippen molar-refractivity contribution in [2.24, 2.45) is 11.8 Å². The summed E-state index contributed by atoms with van der Waals surface area (Å²) in [4.78, 5) is 17.1. The third kappa shape index (κ3) is 3.27. The number of carbonyl (C=O) groups is 1. The maximum Gasteiger partial charge on any atom is 0.354 e. The Balaban J connectivity index is 1.93. The molecule has 0 saturated heterocycles. The Hall–Kier alpha value is -1.42. The number of pyridine rings is 1. The summed E-state index contributed by atoms with van der Waals surface area (Å²) in [5, 5.41) is 8.86. The molecule has 4 heteroatoms. The van der Waals surface area contributed by atoms with Gasteiger partial charge in [0, 0.05) is 13.1 Å². The Morgan fingerprint density at radius 1 is 1.59 bits per heavy atom. The molecule has 1 N–H and O–H groups in total. The van der Waals surface area contributed by atoms with Gasteiger partial charge in [0.1, 0.15) is 5.69 Å². The summed E-state index contributed by atoms with van der Waals surface area (Å²) in [6.07, 6.45) is 1.31. The van der Waals surface area contributed by atoms with E-state index >= 15 is 0 Å². The lowest BCUT2D eigenvalue weighted by Gasteiger charge is -2.15. The smallest absolute Gasteiger partial charge is 0.354 e. The van der Waals surface area contributed by atoms with Crippen LogP contribution in [0, 0.1) is 11.8 Å². The van der Waals surface area contributed by atoms with Crippen molar-refractivity contribution >= 4 is 5.97 Å². The predicted molar refractivity (Wildman–Crippen MR) is 64.8 cm³/mol. The molecule has 0 radical (unpaired) electrons. The molecular formula is C13H18N2O2. The van der Waals surface area contributed by atoms with Crippen molar-refractivity contribution in [1.29, 1.82) is 0 Å². The Labute approximate surface area is 101 Å². The van der Waals surface area contributed by atoms with Crippen molar-refractivity contribution < 1.29 is 9.90 Å². The first-order chi connectivity index (χ1) is 8.06. The second-order valence-electron chi connectivity index (χ2n) is 4.99. The van der Waals surface area contributed by atoms with E-state index in [9.17, 15) is 4.79 Å². The van der Waals surface area contributed by atoms with Gasteiger partial charge in [0.15, 0.2) is 0 Å². The van der Waals surface area contributed by atoms with Crippen molar-refractivity contribution in [2.45, 2.75) is 19.9 Å². The Morgan fingerprint density at radius 3 is 2.88 bits per heavy atom. The van der Waals surface area contributed by atoms with Crippen LogP contribution < -0.4 is 0 Å². The molecule has 1 fully saturated rings. The molecule has 1 aliphatic carbocycles. The fourth-order valence-corrected chi connectivity index (χ4v) is 2.08. The predicted octanol–water partition coefficient (Wildman–Crippen LogP) is 1.87. The number of aromatic nitrogens is 1. The van der Waals surface area contributed by atoms with E-state index in [4.69, 9.17) is 5.11 Å². The quantitative estimate of drug-likeness (QED) is 0.845. The van der Waals surface area contributed by atoms with Crippen LogP contribution in [0.2, 0.25) is 0 Å². The summed E-state index contributed by atoms with van der Waals surface area (Å²) in [5.41, 5.74) is 0.941. The molecule has 2 atom stereocenters. The van der Waals surface area contributed by atoms with Crippen LogP contribution in [0.15, 0.2) is 18.2 Å². The van der Waals surface area contributed by atoms with E-state index in [-0.39, 0.29) is 5.69 Å². The minimum absolute atomic E-state index is 0.121. The zero-order valence-corrected chi connectivity index (χ0v) is 10.3. The average Bonchev–Trinajstić information content (AvgIpc) is 2.94. The molecule has 0 aromatic carbocycles. The highest BCUT2D eigenvalue weighted by molar-refractivity contribution is 5.85. The normalized spacial score (nSPS) is 22.8. The standard InChI is InChI=1S/C13H18N2O2/c1-9-6-10(9)7-15(2)8-11-4-3-5-12(14-11)13(16)17/h3-5,9-10H,6-8H2,1-2H3,(H,16,17). The van der Waals surface area contributed by atoms with Gasteiger partial charge in [-0.25, -0.2) is 9.78 Å². The second-order valence-corrected chi connectivity index (χ2v) is 4.99. The van der Waals surface area contributed by atoms with E-state index < -0.39 is 5.97 Å². The SMILES string of the molecule is CC1CC1CN(C)Cc1cccc(C(=O)O)n1. The van der Waals surface area contributed by atoms with E-state index in [0.717, 1.165) is 24.1 Å². The van der Waals surface area contributed by atoms with E-state index in [1.54, 1.807) is 6.07 Å². The first-order valence-electron chi connectivity index (χ1n) is 5.94. The first-order valence-corrected chi connectivity index (χ1v) is 5.94. The lowest BCUT2D eigenvalue weighted by molar-refractivity contribution is 0.0690. The second kappa shape index (κ2) is 4.84. The van der Waals surface area contributed by atoms with E-state index in [1.165, 1.54) is 12.5 Å². The summed E-state index contributed by atoms with van der Waals surface area (Å²) in [5.74, 6) is 0.684. The van der Waals surface area contributed by atoms with Gasteiger partial charge in [-0.2, -0.15) is 0 Å². The van der Waals surface area contributed by atoms with Crippen LogP contribution in [0.25, 0.3) is 0 Å². The average molecular weight is 234 g/mol. The lowest BCUT2D eigenvalue weighted by atomic mass is 10.2. The highest BCUT2D eigenvalue weighted by atomic mass is 16.4. The number of hydrogen-bond donors (Lipinski definition) is 1. The maximum absolute atomic E-state index is 10.8. The summed E-state index contributed by atoms with van der Waals surface area (Å²) in [6, 6.07) is 5.15. The summed E-state index contributed by atoms with van der Waals surface area (Å²) >= 11 is 0. The van der Waals surface area contributed by atoms with Gasteiger partial charge in [-0.3, -0.25) is 0 Å². The van der Waals surface area contributed by atoms with Crippen molar-refractivity contribution in [3.05, 3.63) is 29.6 Å². The molecule has 4 nitrogen and oxygen atoms in total. The molecule has 2 rings (SSSR count). The van der Waals surface area contributed by atoms with Gasteiger partial charge in [0.25, 0.3) is 0 Å². The van der Waals surface area contributed by atoms with Gasteiger partial charge in [-0.1, -0.05) is 13.0 Å². The summed E-state index contributed by atoms with van der Waals surface area (Å²) in [6.45, 7) is 4.05. The number of carboxylic acid groups (broad SMARTS) is 1. The van der Waals surface area contributed by atoms with Crippen molar-refractivity contribution in [1.82, 2.24) is 9.88 Å².